The van der Waals surface area contributed by atoms with Crippen molar-refractivity contribution in [3.05, 3.63) is 57.3 Å². The number of nitrogens with two attached hydrogens (primary N) is 1. The van der Waals surface area contributed by atoms with Crippen LogP contribution in [0.5, 0.6) is 0 Å². The third kappa shape index (κ3) is 3.88. The summed E-state index contributed by atoms with van der Waals surface area (Å²) in [6.07, 6.45) is 0. The van der Waals surface area contributed by atoms with E-state index in [-0.39, 0.29) is 18.7 Å². The van der Waals surface area contributed by atoms with Crippen molar-refractivity contribution in [1.82, 2.24) is 5.32 Å². The summed E-state index contributed by atoms with van der Waals surface area (Å²) in [6.45, 7) is 0.442. The van der Waals surface area contributed by atoms with Gasteiger partial charge >= 0.3 is 0 Å². The fourth-order valence-corrected chi connectivity index (χ4v) is 2.43. The third-order valence-electron chi connectivity index (χ3n) is 2.65. The van der Waals surface area contributed by atoms with E-state index in [2.05, 4.69) is 17.2 Å². The second-order valence-electron chi connectivity index (χ2n) is 4.07. The number of carbonyl (C=O) groups excluding carboxylic acids is 1. The molecule has 0 unspecified atom stereocenters. The number of benzene rings is 1. The van der Waals surface area contributed by atoms with Gasteiger partial charge in [0.15, 0.2) is 0 Å². The smallest absolute Gasteiger partial charge is 0.254 e. The minimum atomic E-state index is -0.761. The number of nitrogens with one attached hydrogen (secondary N) is 1. The van der Waals surface area contributed by atoms with Crippen LogP contribution in [0.25, 0.3) is 0 Å². The van der Waals surface area contributed by atoms with Crippen molar-refractivity contribution < 1.29 is 13.6 Å². The van der Waals surface area contributed by atoms with Gasteiger partial charge in [-0.1, -0.05) is 11.8 Å². The van der Waals surface area contributed by atoms with Gasteiger partial charge in [0.2, 0.25) is 0 Å². The first-order valence-corrected chi connectivity index (χ1v) is 6.98. The van der Waals surface area contributed by atoms with Gasteiger partial charge in [-0.2, -0.15) is 0 Å². The van der Waals surface area contributed by atoms with Gasteiger partial charge in [0.25, 0.3) is 5.91 Å². The van der Waals surface area contributed by atoms with Crippen LogP contribution in [0.4, 0.5) is 8.78 Å². The number of hydrogen-bond acceptors (Lipinski definition) is 3. The van der Waals surface area contributed by atoms with E-state index >= 15 is 0 Å². The maximum absolute atomic E-state index is 13.5. The minimum absolute atomic E-state index is 0.195. The van der Waals surface area contributed by atoms with Crippen LogP contribution < -0.4 is 11.1 Å². The molecule has 21 heavy (non-hydrogen) atoms. The Bertz CT molecular complexity index is 716. The Balaban J connectivity index is 2.08. The number of carbonyl (C=O) groups is 1. The van der Waals surface area contributed by atoms with Gasteiger partial charge in [0.05, 0.1) is 18.7 Å². The highest BCUT2D eigenvalue weighted by Crippen LogP contribution is 2.16. The zero-order valence-electron chi connectivity index (χ0n) is 11.0. The molecule has 0 bridgehead atoms. The molecule has 3 nitrogen and oxygen atoms in total. The Morgan fingerprint density at radius 2 is 2.14 bits per heavy atom. The second-order valence-corrected chi connectivity index (χ2v) is 5.07. The Morgan fingerprint density at radius 1 is 1.33 bits per heavy atom. The molecule has 6 heteroatoms. The molecule has 0 aliphatic carbocycles. The zero-order valence-corrected chi connectivity index (χ0v) is 11.8. The minimum Gasteiger partial charge on any atom is -0.347 e. The molecule has 2 rings (SSSR count). The molecule has 0 radical (unpaired) electrons. The first-order chi connectivity index (χ1) is 10.1. The van der Waals surface area contributed by atoms with Crippen molar-refractivity contribution in [2.24, 2.45) is 5.73 Å². The van der Waals surface area contributed by atoms with E-state index in [0.717, 1.165) is 28.6 Å². The van der Waals surface area contributed by atoms with Gasteiger partial charge in [0, 0.05) is 10.4 Å². The standard InChI is InChI=1S/C15H12F2N2OS/c16-11-3-4-13(17)12(8-11)15(20)19-9-14-10(2-1-6-18)5-7-21-14/h3-5,7-8H,6,9,18H2,(H,19,20). The molecule has 0 saturated carbocycles. The van der Waals surface area contributed by atoms with Gasteiger partial charge in [-0.25, -0.2) is 8.78 Å². The average Bonchev–Trinajstić information content (AvgIpc) is 2.92. The summed E-state index contributed by atoms with van der Waals surface area (Å²) in [5, 5.41) is 4.39. The largest absolute Gasteiger partial charge is 0.347 e. The number of hydrogen-bond donors (Lipinski definition) is 2. The molecule has 0 saturated heterocycles. The van der Waals surface area contributed by atoms with Crippen molar-refractivity contribution in [3.63, 3.8) is 0 Å². The Kier molecular flexibility index (Phi) is 5.04. The summed E-state index contributed by atoms with van der Waals surface area (Å²) in [7, 11) is 0. The van der Waals surface area contributed by atoms with Crippen molar-refractivity contribution >= 4 is 17.2 Å². The maximum atomic E-state index is 13.5. The molecule has 2 aromatic rings. The van der Waals surface area contributed by atoms with Gasteiger partial charge in [-0.05, 0) is 29.6 Å². The summed E-state index contributed by atoms with van der Waals surface area (Å²) in [6, 6.07) is 4.57. The van der Waals surface area contributed by atoms with Crippen LogP contribution in [-0.2, 0) is 6.54 Å². The summed E-state index contributed by atoms with van der Waals surface area (Å²) in [5.74, 6) is 3.53. The quantitative estimate of drug-likeness (QED) is 0.855. The zero-order chi connectivity index (χ0) is 15.2. The first-order valence-electron chi connectivity index (χ1n) is 6.10. The Hall–Kier alpha value is -2.23. The van der Waals surface area contributed by atoms with Gasteiger partial charge in [-0.3, -0.25) is 4.79 Å². The number of rotatable bonds is 3. The highest BCUT2D eigenvalue weighted by atomic mass is 32.1. The van der Waals surface area contributed by atoms with Gasteiger partial charge in [0.1, 0.15) is 11.6 Å². The Morgan fingerprint density at radius 3 is 2.90 bits per heavy atom. The summed E-state index contributed by atoms with van der Waals surface area (Å²) < 4.78 is 26.5. The van der Waals surface area contributed by atoms with Gasteiger partial charge < -0.3 is 11.1 Å². The van der Waals surface area contributed by atoms with Crippen molar-refractivity contribution in [2.75, 3.05) is 6.54 Å². The lowest BCUT2D eigenvalue weighted by Crippen LogP contribution is -2.23. The Labute approximate surface area is 124 Å². The van der Waals surface area contributed by atoms with Crippen LogP contribution in [0, 0.1) is 23.5 Å². The highest BCUT2D eigenvalue weighted by Gasteiger charge is 2.13. The van der Waals surface area contributed by atoms with Crippen LogP contribution in [0.15, 0.2) is 29.6 Å². The SMILES string of the molecule is NCC#Cc1ccsc1CNC(=O)c1cc(F)ccc1F. The first kappa shape index (κ1) is 15.2. The van der Waals surface area contributed by atoms with Crippen molar-refractivity contribution in [1.29, 1.82) is 0 Å². The van der Waals surface area contributed by atoms with E-state index in [1.165, 1.54) is 11.3 Å². The lowest BCUT2D eigenvalue weighted by atomic mass is 10.2. The molecule has 3 N–H and O–H groups in total. The predicted octanol–water partition coefficient (Wildman–Crippen LogP) is 2.27. The summed E-state index contributed by atoms with van der Waals surface area (Å²) in [4.78, 5) is 12.7. The fraction of sp³-hybridized carbons (Fsp3) is 0.133. The molecule has 108 valence electrons. The molecular weight excluding hydrogens is 294 g/mol. The highest BCUT2D eigenvalue weighted by molar-refractivity contribution is 7.10. The van der Waals surface area contributed by atoms with E-state index < -0.39 is 17.5 Å². The molecule has 0 spiro atoms. The van der Waals surface area contributed by atoms with Gasteiger partial charge in [-0.15, -0.1) is 11.3 Å². The van der Waals surface area contributed by atoms with Crippen molar-refractivity contribution in [2.45, 2.75) is 6.54 Å². The topological polar surface area (TPSA) is 55.1 Å². The van der Waals surface area contributed by atoms with Crippen LogP contribution in [0.3, 0.4) is 0 Å². The summed E-state index contributed by atoms with van der Waals surface area (Å²) in [5.41, 5.74) is 5.76. The maximum Gasteiger partial charge on any atom is 0.254 e. The molecule has 0 aliphatic rings. The molecular formula is C15H12F2N2OS. The van der Waals surface area contributed by atoms with Crippen LogP contribution in [-0.4, -0.2) is 12.5 Å². The number of amides is 1. The van der Waals surface area contributed by atoms with Crippen LogP contribution in [0.1, 0.15) is 20.8 Å². The molecule has 1 aromatic heterocycles. The van der Waals surface area contributed by atoms with Crippen LogP contribution in [0.2, 0.25) is 0 Å². The van der Waals surface area contributed by atoms with E-state index in [4.69, 9.17) is 5.73 Å². The van der Waals surface area contributed by atoms with Crippen LogP contribution >= 0.6 is 11.3 Å². The van der Waals surface area contributed by atoms with E-state index in [9.17, 15) is 13.6 Å². The predicted molar refractivity (Wildman–Crippen MR) is 77.8 cm³/mol. The normalized spacial score (nSPS) is 9.86. The average molecular weight is 306 g/mol. The lowest BCUT2D eigenvalue weighted by Gasteiger charge is -2.05. The fourth-order valence-electron chi connectivity index (χ4n) is 1.66. The molecule has 1 heterocycles. The van der Waals surface area contributed by atoms with E-state index in [1.807, 2.05) is 11.4 Å². The molecule has 0 aliphatic heterocycles. The number of thiophene rings is 1. The summed E-state index contributed by atoms with van der Waals surface area (Å²) >= 11 is 1.42. The molecule has 0 fully saturated rings. The van der Waals surface area contributed by atoms with Crippen molar-refractivity contribution in [3.8, 4) is 11.8 Å². The molecule has 1 aromatic carbocycles. The number of halogens is 2. The molecule has 1 amide bonds. The third-order valence-corrected chi connectivity index (χ3v) is 3.57. The lowest BCUT2D eigenvalue weighted by molar-refractivity contribution is 0.0946. The second kappa shape index (κ2) is 6.97. The van der Waals surface area contributed by atoms with E-state index in [1.54, 1.807) is 0 Å². The van der Waals surface area contributed by atoms with E-state index in [0.29, 0.717) is 0 Å². The monoisotopic (exact) mass is 306 g/mol. The molecule has 0 atom stereocenters.